The number of rotatable bonds is 8. The minimum atomic E-state index is -0.465. The highest BCUT2D eigenvalue weighted by atomic mass is 16.5. The van der Waals surface area contributed by atoms with Crippen molar-refractivity contribution < 1.29 is 19.1 Å². The number of hydrogen-bond donors (Lipinski definition) is 1. The van der Waals surface area contributed by atoms with E-state index in [4.69, 9.17) is 9.47 Å². The number of ether oxygens (including phenoxy) is 2. The number of ketones is 1. The summed E-state index contributed by atoms with van der Waals surface area (Å²) in [4.78, 5) is 37.2. The van der Waals surface area contributed by atoms with Crippen LogP contribution in [0.25, 0.3) is 6.08 Å². The van der Waals surface area contributed by atoms with Crippen LogP contribution in [0.4, 0.5) is 0 Å². The zero-order valence-electron chi connectivity index (χ0n) is 16.4. The summed E-state index contributed by atoms with van der Waals surface area (Å²) in [6.07, 6.45) is 2.86. The highest BCUT2D eigenvalue weighted by Gasteiger charge is 2.17. The Labute approximate surface area is 163 Å². The number of carbonyl (C=O) groups excluding carboxylic acids is 2. The predicted octanol–water partition coefficient (Wildman–Crippen LogP) is 1.97. The van der Waals surface area contributed by atoms with E-state index >= 15 is 0 Å². The molecule has 1 amide bonds. The molecule has 0 bridgehead atoms. The molecule has 148 valence electrons. The van der Waals surface area contributed by atoms with Crippen LogP contribution in [0.1, 0.15) is 32.0 Å². The van der Waals surface area contributed by atoms with Crippen molar-refractivity contribution in [1.82, 2.24) is 9.88 Å². The molecule has 1 aromatic carbocycles. The van der Waals surface area contributed by atoms with Gasteiger partial charge >= 0.3 is 0 Å². The number of aromatic nitrogens is 1. The molecule has 0 aliphatic rings. The second-order valence-electron chi connectivity index (χ2n) is 6.17. The monoisotopic (exact) mass is 384 g/mol. The van der Waals surface area contributed by atoms with Crippen LogP contribution in [0.3, 0.4) is 0 Å². The number of carbonyl (C=O) groups is 2. The van der Waals surface area contributed by atoms with E-state index in [1.165, 1.54) is 17.8 Å². The Hall–Kier alpha value is -3.19. The number of allylic oxidation sites excluding steroid dienone is 1. The molecule has 28 heavy (non-hydrogen) atoms. The molecule has 7 heteroatoms. The number of nitrogens with one attached hydrogen (secondary N) is 1. The maximum atomic E-state index is 12.6. The zero-order valence-corrected chi connectivity index (χ0v) is 16.4. The Morgan fingerprint density at radius 3 is 2.64 bits per heavy atom. The number of hydrogen-bond acceptors (Lipinski definition) is 5. The summed E-state index contributed by atoms with van der Waals surface area (Å²) in [6.45, 7) is 2.59. The van der Waals surface area contributed by atoms with Gasteiger partial charge < -0.3 is 19.4 Å². The molecular weight excluding hydrogens is 360 g/mol. The zero-order chi connectivity index (χ0) is 20.7. The third-order valence-corrected chi connectivity index (χ3v) is 4.27. The number of aryl methyl sites for hydroxylation is 1. The molecule has 1 heterocycles. The molecule has 0 atom stereocenters. The van der Waals surface area contributed by atoms with E-state index in [9.17, 15) is 14.4 Å². The lowest BCUT2D eigenvalue weighted by Crippen LogP contribution is -2.26. The van der Waals surface area contributed by atoms with E-state index in [2.05, 4.69) is 5.32 Å². The molecule has 7 nitrogen and oxygen atoms in total. The smallest absolute Gasteiger partial charge is 0.265 e. The lowest BCUT2D eigenvalue weighted by molar-refractivity contribution is 0.0936. The Morgan fingerprint density at radius 2 is 1.96 bits per heavy atom. The van der Waals surface area contributed by atoms with Gasteiger partial charge in [-0.25, -0.2) is 0 Å². The minimum Gasteiger partial charge on any atom is -0.496 e. The number of benzene rings is 1. The molecule has 0 fully saturated rings. The molecule has 2 aromatic rings. The molecular formula is C21H24N2O5. The standard InChI is InChI=1S/C21H24N2O5/c1-14-12-18(28-4)19(21(26)23(14)2)17(24)9-8-15-6-5-7-16(13-15)20(25)22-10-11-27-3/h5-9,12-13H,10-11H2,1-4H3,(H,22,25). The van der Waals surface area contributed by atoms with E-state index in [1.807, 2.05) is 0 Å². The lowest BCUT2D eigenvalue weighted by atomic mass is 10.1. The lowest BCUT2D eigenvalue weighted by Gasteiger charge is -2.10. The Kier molecular flexibility index (Phi) is 7.28. The summed E-state index contributed by atoms with van der Waals surface area (Å²) >= 11 is 0. The molecule has 0 aliphatic carbocycles. The number of methoxy groups -OCH3 is 2. The van der Waals surface area contributed by atoms with Gasteiger partial charge in [0.1, 0.15) is 11.3 Å². The van der Waals surface area contributed by atoms with E-state index in [1.54, 1.807) is 57.5 Å². The molecule has 0 aliphatic heterocycles. The number of nitrogens with zero attached hydrogens (tertiary/aromatic N) is 1. The fraction of sp³-hybridized carbons (Fsp3) is 0.286. The molecule has 1 N–H and O–H groups in total. The summed E-state index contributed by atoms with van der Waals surface area (Å²) in [7, 11) is 4.58. The van der Waals surface area contributed by atoms with Crippen molar-refractivity contribution in [2.75, 3.05) is 27.4 Å². The highest BCUT2D eigenvalue weighted by molar-refractivity contribution is 6.08. The molecule has 0 spiro atoms. The van der Waals surface area contributed by atoms with Gasteiger partial charge in [0.25, 0.3) is 11.5 Å². The van der Waals surface area contributed by atoms with Crippen LogP contribution in [0.5, 0.6) is 5.75 Å². The van der Waals surface area contributed by atoms with Gasteiger partial charge in [0, 0.05) is 38.0 Å². The van der Waals surface area contributed by atoms with Crippen LogP contribution in [-0.2, 0) is 11.8 Å². The van der Waals surface area contributed by atoms with Gasteiger partial charge in [-0.15, -0.1) is 0 Å². The number of pyridine rings is 1. The average Bonchev–Trinajstić information content (AvgIpc) is 2.70. The number of amides is 1. The first-order chi connectivity index (χ1) is 13.4. The normalized spacial score (nSPS) is 10.9. The maximum absolute atomic E-state index is 12.6. The quantitative estimate of drug-likeness (QED) is 0.427. The summed E-state index contributed by atoms with van der Waals surface area (Å²) in [6, 6.07) is 8.48. The molecule has 0 saturated carbocycles. The third kappa shape index (κ3) is 4.95. The van der Waals surface area contributed by atoms with E-state index in [0.717, 1.165) is 0 Å². The molecule has 1 aromatic heterocycles. The Bertz CT molecular complexity index is 960. The van der Waals surface area contributed by atoms with Gasteiger partial charge in [-0.2, -0.15) is 0 Å². The fourth-order valence-electron chi connectivity index (χ4n) is 2.59. The van der Waals surface area contributed by atoms with Crippen molar-refractivity contribution >= 4 is 17.8 Å². The van der Waals surface area contributed by atoms with Crippen molar-refractivity contribution in [2.24, 2.45) is 7.05 Å². The second kappa shape index (κ2) is 9.66. The first-order valence-corrected chi connectivity index (χ1v) is 8.73. The van der Waals surface area contributed by atoms with Gasteiger partial charge in [0.2, 0.25) is 0 Å². The van der Waals surface area contributed by atoms with E-state index in [0.29, 0.717) is 30.0 Å². The van der Waals surface area contributed by atoms with Crippen molar-refractivity contribution in [3.05, 3.63) is 69.1 Å². The Morgan fingerprint density at radius 1 is 1.21 bits per heavy atom. The van der Waals surface area contributed by atoms with E-state index in [-0.39, 0.29) is 17.2 Å². The van der Waals surface area contributed by atoms with Gasteiger partial charge in [-0.1, -0.05) is 18.2 Å². The van der Waals surface area contributed by atoms with Crippen LogP contribution in [0.2, 0.25) is 0 Å². The summed E-state index contributed by atoms with van der Waals surface area (Å²) in [5.74, 6) is -0.457. The van der Waals surface area contributed by atoms with Crippen molar-refractivity contribution in [3.8, 4) is 5.75 Å². The van der Waals surface area contributed by atoms with Gasteiger partial charge in [-0.3, -0.25) is 14.4 Å². The molecule has 2 rings (SSSR count). The molecule has 0 saturated heterocycles. The van der Waals surface area contributed by atoms with Gasteiger partial charge in [-0.05, 0) is 30.7 Å². The van der Waals surface area contributed by atoms with Crippen molar-refractivity contribution in [3.63, 3.8) is 0 Å². The fourth-order valence-corrected chi connectivity index (χ4v) is 2.59. The van der Waals surface area contributed by atoms with Crippen molar-refractivity contribution in [1.29, 1.82) is 0 Å². The minimum absolute atomic E-state index is 0.0275. The largest absolute Gasteiger partial charge is 0.496 e. The summed E-state index contributed by atoms with van der Waals surface area (Å²) < 4.78 is 11.5. The highest BCUT2D eigenvalue weighted by Crippen LogP contribution is 2.17. The molecule has 0 unspecified atom stereocenters. The van der Waals surface area contributed by atoms with Crippen LogP contribution in [0, 0.1) is 6.92 Å². The third-order valence-electron chi connectivity index (χ3n) is 4.27. The van der Waals surface area contributed by atoms with Gasteiger partial charge in [0.15, 0.2) is 5.78 Å². The van der Waals surface area contributed by atoms with Crippen LogP contribution in [-0.4, -0.2) is 43.6 Å². The van der Waals surface area contributed by atoms with Gasteiger partial charge in [0.05, 0.1) is 13.7 Å². The second-order valence-corrected chi connectivity index (χ2v) is 6.17. The van der Waals surface area contributed by atoms with E-state index < -0.39 is 11.3 Å². The maximum Gasteiger partial charge on any atom is 0.265 e. The molecule has 0 radical (unpaired) electrons. The first kappa shape index (κ1) is 21.1. The summed E-state index contributed by atoms with van der Waals surface area (Å²) in [5, 5.41) is 2.74. The average molecular weight is 384 g/mol. The predicted molar refractivity (Wildman–Crippen MR) is 107 cm³/mol. The first-order valence-electron chi connectivity index (χ1n) is 8.73. The SMILES string of the molecule is COCCNC(=O)c1cccc(C=CC(=O)c2c(OC)cc(C)n(C)c2=O)c1. The topological polar surface area (TPSA) is 86.6 Å². The van der Waals surface area contributed by atoms with Crippen molar-refractivity contribution in [2.45, 2.75) is 6.92 Å². The van der Waals surface area contributed by atoms with Crippen LogP contribution >= 0.6 is 0 Å². The summed E-state index contributed by atoms with van der Waals surface area (Å²) in [5.41, 5.74) is 1.37. The Balaban J connectivity index is 2.24. The van der Waals surface area contributed by atoms with Crippen LogP contribution in [0.15, 0.2) is 41.2 Å². The van der Waals surface area contributed by atoms with Crippen LogP contribution < -0.4 is 15.6 Å².